The molecule has 8 heteroatoms. The summed E-state index contributed by atoms with van der Waals surface area (Å²) in [6.07, 6.45) is 6.17. The number of likely N-dealkylation sites (N-methyl/N-ethyl adjacent to an activating group) is 1. The van der Waals surface area contributed by atoms with Crippen LogP contribution in [0.4, 0.5) is 11.9 Å². The molecule has 0 aliphatic heterocycles. The van der Waals surface area contributed by atoms with Crippen molar-refractivity contribution in [3.63, 3.8) is 0 Å². The zero-order valence-corrected chi connectivity index (χ0v) is 12.7. The van der Waals surface area contributed by atoms with Gasteiger partial charge in [0, 0.05) is 31.5 Å². The van der Waals surface area contributed by atoms with Crippen molar-refractivity contribution in [1.82, 2.24) is 29.4 Å². The minimum absolute atomic E-state index is 0.187. The molecule has 1 unspecified atom stereocenters. The molecule has 0 radical (unpaired) electrons. The van der Waals surface area contributed by atoms with Crippen LogP contribution in [-0.4, -0.2) is 55.6 Å². The maximum atomic E-state index is 5.72. The molecule has 0 aliphatic carbocycles. The molecular weight excluding hydrogens is 268 g/mol. The topological polar surface area (TPSA) is 97.8 Å². The van der Waals surface area contributed by atoms with Crippen molar-refractivity contribution >= 4 is 11.9 Å². The highest BCUT2D eigenvalue weighted by atomic mass is 15.3. The Morgan fingerprint density at radius 1 is 1.38 bits per heavy atom. The Hall–Kier alpha value is -2.22. The number of anilines is 2. The van der Waals surface area contributed by atoms with Crippen LogP contribution in [0, 0.1) is 0 Å². The number of nitrogens with zero attached hydrogens (tertiary/aromatic N) is 6. The van der Waals surface area contributed by atoms with Crippen LogP contribution in [0.25, 0.3) is 5.95 Å². The van der Waals surface area contributed by atoms with Crippen LogP contribution in [-0.2, 0) is 0 Å². The normalized spacial score (nSPS) is 12.6. The quantitative estimate of drug-likeness (QED) is 0.777. The molecule has 2 aromatic rings. The van der Waals surface area contributed by atoms with E-state index in [2.05, 4.69) is 51.0 Å². The first-order chi connectivity index (χ1) is 10.1. The molecule has 2 rings (SSSR count). The third-order valence-electron chi connectivity index (χ3n) is 3.47. The Bertz CT molecular complexity index is 553. The van der Waals surface area contributed by atoms with E-state index in [1.165, 1.54) is 0 Å². The fraction of sp³-hybridized carbons (Fsp3) is 0.538. The Morgan fingerprint density at radius 3 is 2.86 bits per heavy atom. The number of nitrogens with one attached hydrogen (secondary N) is 1. The zero-order valence-electron chi connectivity index (χ0n) is 12.7. The van der Waals surface area contributed by atoms with Gasteiger partial charge in [0.05, 0.1) is 0 Å². The first-order valence-corrected chi connectivity index (χ1v) is 7.04. The minimum atomic E-state index is 0.187. The van der Waals surface area contributed by atoms with Crippen LogP contribution < -0.4 is 11.1 Å². The average molecular weight is 290 g/mol. The van der Waals surface area contributed by atoms with Gasteiger partial charge in [-0.25, -0.2) is 4.98 Å². The van der Waals surface area contributed by atoms with Crippen LogP contribution in [0.3, 0.4) is 0 Å². The van der Waals surface area contributed by atoms with Gasteiger partial charge in [-0.15, -0.1) is 0 Å². The summed E-state index contributed by atoms with van der Waals surface area (Å²) in [6, 6.07) is 0.553. The SMILES string of the molecule is CCC(C)N(C)CCNc1nc(N)nc(-n2ccnc2)n1. The molecule has 8 nitrogen and oxygen atoms in total. The van der Waals surface area contributed by atoms with Crippen LogP contribution in [0.2, 0.25) is 0 Å². The molecule has 2 heterocycles. The van der Waals surface area contributed by atoms with Gasteiger partial charge in [0.2, 0.25) is 17.8 Å². The Balaban J connectivity index is 1.98. The molecular formula is C13H22N8. The average Bonchev–Trinajstić information content (AvgIpc) is 3.00. The lowest BCUT2D eigenvalue weighted by Gasteiger charge is -2.23. The van der Waals surface area contributed by atoms with Gasteiger partial charge in [-0.05, 0) is 20.4 Å². The summed E-state index contributed by atoms with van der Waals surface area (Å²) in [5.41, 5.74) is 5.72. The maximum Gasteiger partial charge on any atom is 0.241 e. The van der Waals surface area contributed by atoms with Gasteiger partial charge < -0.3 is 16.0 Å². The number of hydrogen-bond acceptors (Lipinski definition) is 7. The van der Waals surface area contributed by atoms with Gasteiger partial charge in [-0.3, -0.25) is 4.57 Å². The van der Waals surface area contributed by atoms with Crippen molar-refractivity contribution < 1.29 is 0 Å². The van der Waals surface area contributed by atoms with Gasteiger partial charge in [0.1, 0.15) is 6.33 Å². The van der Waals surface area contributed by atoms with Crippen molar-refractivity contribution in [1.29, 1.82) is 0 Å². The number of nitrogen functional groups attached to an aromatic ring is 1. The van der Waals surface area contributed by atoms with Crippen molar-refractivity contribution in [2.24, 2.45) is 0 Å². The summed E-state index contributed by atoms with van der Waals surface area (Å²) in [4.78, 5) is 18.8. The summed E-state index contributed by atoms with van der Waals surface area (Å²) in [6.45, 7) is 6.03. The number of nitrogens with two attached hydrogens (primary N) is 1. The molecule has 0 spiro atoms. The lowest BCUT2D eigenvalue weighted by atomic mass is 10.2. The Labute approximate surface area is 124 Å². The van der Waals surface area contributed by atoms with Gasteiger partial charge in [-0.1, -0.05) is 6.92 Å². The minimum Gasteiger partial charge on any atom is -0.368 e. The van der Waals surface area contributed by atoms with Crippen LogP contribution >= 0.6 is 0 Å². The van der Waals surface area contributed by atoms with E-state index in [1.807, 2.05) is 0 Å². The zero-order chi connectivity index (χ0) is 15.2. The monoisotopic (exact) mass is 290 g/mol. The highest BCUT2D eigenvalue weighted by Crippen LogP contribution is 2.07. The van der Waals surface area contributed by atoms with Crippen LogP contribution in [0.15, 0.2) is 18.7 Å². The maximum absolute atomic E-state index is 5.72. The van der Waals surface area contributed by atoms with Gasteiger partial charge in [-0.2, -0.15) is 15.0 Å². The highest BCUT2D eigenvalue weighted by molar-refractivity contribution is 5.35. The van der Waals surface area contributed by atoms with E-state index in [-0.39, 0.29) is 5.95 Å². The van der Waals surface area contributed by atoms with Gasteiger partial charge in [0.15, 0.2) is 0 Å². The summed E-state index contributed by atoms with van der Waals surface area (Å²) < 4.78 is 1.69. The summed E-state index contributed by atoms with van der Waals surface area (Å²) >= 11 is 0. The molecule has 114 valence electrons. The standard InChI is InChI=1S/C13H22N8/c1-4-10(2)20(3)7-6-16-12-17-11(14)18-13(19-12)21-8-5-15-9-21/h5,8-10H,4,6-7H2,1-3H3,(H3,14,16,17,18,19). The lowest BCUT2D eigenvalue weighted by Crippen LogP contribution is -2.33. The molecule has 0 fully saturated rings. The number of aromatic nitrogens is 5. The van der Waals surface area contributed by atoms with Gasteiger partial charge >= 0.3 is 0 Å². The van der Waals surface area contributed by atoms with Crippen molar-refractivity contribution in [3.05, 3.63) is 18.7 Å². The van der Waals surface area contributed by atoms with E-state index >= 15 is 0 Å². The van der Waals surface area contributed by atoms with Crippen molar-refractivity contribution in [2.45, 2.75) is 26.3 Å². The summed E-state index contributed by atoms with van der Waals surface area (Å²) in [5, 5.41) is 3.18. The fourth-order valence-electron chi connectivity index (χ4n) is 1.83. The molecule has 21 heavy (non-hydrogen) atoms. The van der Waals surface area contributed by atoms with E-state index < -0.39 is 0 Å². The molecule has 0 aliphatic rings. The van der Waals surface area contributed by atoms with Gasteiger partial charge in [0.25, 0.3) is 0 Å². The predicted octanol–water partition coefficient (Wildman–Crippen LogP) is 0.782. The van der Waals surface area contributed by atoms with Crippen molar-refractivity contribution in [3.8, 4) is 5.95 Å². The first kappa shape index (κ1) is 15.2. The largest absolute Gasteiger partial charge is 0.368 e. The Kier molecular flexibility index (Phi) is 5.04. The number of rotatable bonds is 7. The molecule has 3 N–H and O–H groups in total. The third-order valence-corrected chi connectivity index (χ3v) is 3.47. The number of imidazole rings is 1. The second-order valence-corrected chi connectivity index (χ2v) is 4.95. The molecule has 0 amide bonds. The van der Waals surface area contributed by atoms with E-state index in [9.17, 15) is 0 Å². The first-order valence-electron chi connectivity index (χ1n) is 7.04. The molecule has 1 atom stereocenters. The lowest BCUT2D eigenvalue weighted by molar-refractivity contribution is 0.261. The summed E-state index contributed by atoms with van der Waals surface area (Å²) in [5.74, 6) is 1.12. The smallest absolute Gasteiger partial charge is 0.241 e. The van der Waals surface area contributed by atoms with Crippen LogP contribution in [0.5, 0.6) is 0 Å². The van der Waals surface area contributed by atoms with E-state index in [1.54, 1.807) is 23.3 Å². The van der Waals surface area contributed by atoms with E-state index in [0.717, 1.165) is 19.5 Å². The fourth-order valence-corrected chi connectivity index (χ4v) is 1.83. The third kappa shape index (κ3) is 4.12. The second kappa shape index (κ2) is 6.98. The summed E-state index contributed by atoms with van der Waals surface area (Å²) in [7, 11) is 2.11. The highest BCUT2D eigenvalue weighted by Gasteiger charge is 2.08. The predicted molar refractivity (Wildman–Crippen MR) is 82.2 cm³/mol. The Morgan fingerprint density at radius 2 is 2.19 bits per heavy atom. The second-order valence-electron chi connectivity index (χ2n) is 4.95. The number of hydrogen-bond donors (Lipinski definition) is 2. The molecule has 0 saturated heterocycles. The molecule has 0 saturated carbocycles. The molecule has 0 bridgehead atoms. The molecule has 2 aromatic heterocycles. The van der Waals surface area contributed by atoms with Crippen LogP contribution in [0.1, 0.15) is 20.3 Å². The van der Waals surface area contributed by atoms with Crippen molar-refractivity contribution in [2.75, 3.05) is 31.2 Å². The molecule has 0 aromatic carbocycles. The van der Waals surface area contributed by atoms with E-state index in [0.29, 0.717) is 17.9 Å². The van der Waals surface area contributed by atoms with E-state index in [4.69, 9.17) is 5.73 Å².